The molecule has 0 aromatic rings. The molecular weight excluding hydrogens is 156 g/mol. The van der Waals surface area contributed by atoms with E-state index in [2.05, 4.69) is 18.0 Å². The summed E-state index contributed by atoms with van der Waals surface area (Å²) in [5.41, 5.74) is 1.00. The van der Waals surface area contributed by atoms with Crippen molar-refractivity contribution in [3.05, 3.63) is 24.8 Å². The van der Waals surface area contributed by atoms with Gasteiger partial charge in [0, 0.05) is 0 Å². The molecule has 0 heterocycles. The second kappa shape index (κ2) is 8.46. The molecule has 70 valence electrons. The van der Waals surface area contributed by atoms with Crippen molar-refractivity contribution in [2.75, 3.05) is 26.4 Å². The molecule has 0 unspecified atom stereocenters. The molecule has 0 aromatic heterocycles. The highest BCUT2D eigenvalue weighted by Gasteiger charge is 1.89. The maximum Gasteiger partial charge on any atom is 0.106 e. The second-order valence-corrected chi connectivity index (χ2v) is 2.40. The van der Waals surface area contributed by atoms with Gasteiger partial charge in [-0.2, -0.15) is 0 Å². The van der Waals surface area contributed by atoms with Crippen LogP contribution in [0.2, 0.25) is 0 Å². The molecule has 0 saturated carbocycles. The molecule has 0 aliphatic rings. The molecule has 0 amide bonds. The van der Waals surface area contributed by atoms with Gasteiger partial charge in [-0.3, -0.25) is 0 Å². The summed E-state index contributed by atoms with van der Waals surface area (Å²) in [5, 5.41) is 0. The fraction of sp³-hybridized carbons (Fsp3) is 0.556. The normalized spacial score (nSPS) is 9.75. The minimum atomic E-state index is 0.403. The fourth-order valence-corrected chi connectivity index (χ4v) is 0.494. The molecule has 0 rings (SSSR count). The molecule has 3 nitrogen and oxygen atoms in total. The Morgan fingerprint density at radius 2 is 2.08 bits per heavy atom. The van der Waals surface area contributed by atoms with Crippen LogP contribution in [0, 0.1) is 0 Å². The summed E-state index contributed by atoms with van der Waals surface area (Å²) in [6.45, 7) is 11.0. The van der Waals surface area contributed by atoms with E-state index in [-0.39, 0.29) is 0 Å². The molecule has 0 aliphatic heterocycles. The van der Waals surface area contributed by atoms with E-state index in [0.29, 0.717) is 26.4 Å². The maximum absolute atomic E-state index is 5.14. The van der Waals surface area contributed by atoms with Crippen LogP contribution in [0.15, 0.2) is 24.8 Å². The van der Waals surface area contributed by atoms with Crippen molar-refractivity contribution >= 4 is 0 Å². The number of ether oxygens (including phenoxy) is 1. The van der Waals surface area contributed by atoms with E-state index in [4.69, 9.17) is 9.62 Å². The van der Waals surface area contributed by atoms with Gasteiger partial charge in [0.25, 0.3) is 0 Å². The Bertz CT molecular complexity index is 132. The van der Waals surface area contributed by atoms with Crippen molar-refractivity contribution in [2.45, 2.75) is 6.92 Å². The topological polar surface area (TPSA) is 27.7 Å². The third-order valence-electron chi connectivity index (χ3n) is 0.929. The van der Waals surface area contributed by atoms with E-state index in [0.717, 1.165) is 5.57 Å². The van der Waals surface area contributed by atoms with Gasteiger partial charge in [-0.25, -0.2) is 9.78 Å². The number of rotatable bonds is 8. The highest BCUT2D eigenvalue weighted by Crippen LogP contribution is 1.88. The molecule has 0 bridgehead atoms. The Morgan fingerprint density at radius 1 is 1.33 bits per heavy atom. The molecule has 0 aliphatic carbocycles. The summed E-state index contributed by atoms with van der Waals surface area (Å²) in [4.78, 5) is 9.40. The summed E-state index contributed by atoms with van der Waals surface area (Å²) in [6.07, 6.45) is 1.62. The van der Waals surface area contributed by atoms with Crippen molar-refractivity contribution in [1.29, 1.82) is 0 Å². The maximum atomic E-state index is 5.14. The monoisotopic (exact) mass is 172 g/mol. The van der Waals surface area contributed by atoms with Crippen LogP contribution in [0.3, 0.4) is 0 Å². The lowest BCUT2D eigenvalue weighted by molar-refractivity contribution is -0.290. The van der Waals surface area contributed by atoms with E-state index in [9.17, 15) is 0 Å². The zero-order valence-corrected chi connectivity index (χ0v) is 7.54. The van der Waals surface area contributed by atoms with E-state index in [1.165, 1.54) is 0 Å². The van der Waals surface area contributed by atoms with Crippen molar-refractivity contribution < 1.29 is 14.5 Å². The molecule has 12 heavy (non-hydrogen) atoms. The molecule has 0 aromatic carbocycles. The number of hydrogen-bond acceptors (Lipinski definition) is 3. The van der Waals surface area contributed by atoms with Gasteiger partial charge in [0.05, 0.1) is 13.2 Å². The smallest absolute Gasteiger partial charge is 0.106 e. The van der Waals surface area contributed by atoms with Crippen molar-refractivity contribution in [3.8, 4) is 0 Å². The van der Waals surface area contributed by atoms with Gasteiger partial charge in [0.1, 0.15) is 13.2 Å². The average molecular weight is 172 g/mol. The standard InChI is InChI=1S/C9H16O3/c1-4-5-11-12-7-6-10-8-9(2)3/h4H,1-2,5-8H2,3H3. The zero-order chi connectivity index (χ0) is 9.23. The van der Waals surface area contributed by atoms with Crippen molar-refractivity contribution in [3.63, 3.8) is 0 Å². The molecule has 0 saturated heterocycles. The first-order valence-corrected chi connectivity index (χ1v) is 3.84. The molecule has 0 atom stereocenters. The third kappa shape index (κ3) is 9.36. The molecule has 0 radical (unpaired) electrons. The first kappa shape index (κ1) is 11.4. The minimum absolute atomic E-state index is 0.403. The van der Waals surface area contributed by atoms with Crippen LogP contribution in [0.25, 0.3) is 0 Å². The van der Waals surface area contributed by atoms with Crippen LogP contribution in [0.5, 0.6) is 0 Å². The first-order valence-electron chi connectivity index (χ1n) is 3.84. The highest BCUT2D eigenvalue weighted by molar-refractivity contribution is 4.87. The first-order chi connectivity index (χ1) is 5.77. The van der Waals surface area contributed by atoms with Gasteiger partial charge in [0.2, 0.25) is 0 Å². The summed E-state index contributed by atoms with van der Waals surface area (Å²) in [5.74, 6) is 0. The van der Waals surface area contributed by atoms with Gasteiger partial charge in [-0.05, 0) is 6.92 Å². The summed E-state index contributed by atoms with van der Waals surface area (Å²) < 4.78 is 5.14. The fourth-order valence-electron chi connectivity index (χ4n) is 0.494. The van der Waals surface area contributed by atoms with Gasteiger partial charge >= 0.3 is 0 Å². The summed E-state index contributed by atoms with van der Waals surface area (Å²) >= 11 is 0. The lowest BCUT2D eigenvalue weighted by atomic mass is 10.4. The number of hydrogen-bond donors (Lipinski definition) is 0. The van der Waals surface area contributed by atoms with Crippen LogP contribution in [-0.4, -0.2) is 26.4 Å². The van der Waals surface area contributed by atoms with Crippen LogP contribution in [-0.2, 0) is 14.5 Å². The molecule has 0 N–H and O–H groups in total. The van der Waals surface area contributed by atoms with Gasteiger partial charge in [-0.15, -0.1) is 6.58 Å². The molecule has 3 heteroatoms. The summed E-state index contributed by atoms with van der Waals surface area (Å²) in [6, 6.07) is 0. The van der Waals surface area contributed by atoms with Crippen LogP contribution >= 0.6 is 0 Å². The second-order valence-electron chi connectivity index (χ2n) is 2.40. The third-order valence-corrected chi connectivity index (χ3v) is 0.929. The Morgan fingerprint density at radius 3 is 2.67 bits per heavy atom. The van der Waals surface area contributed by atoms with Crippen molar-refractivity contribution in [1.82, 2.24) is 0 Å². The average Bonchev–Trinajstić information content (AvgIpc) is 2.02. The Labute approximate surface area is 73.5 Å². The molecule has 0 spiro atoms. The molecular formula is C9H16O3. The van der Waals surface area contributed by atoms with Crippen LogP contribution in [0.4, 0.5) is 0 Å². The van der Waals surface area contributed by atoms with Crippen molar-refractivity contribution in [2.24, 2.45) is 0 Å². The predicted octanol–water partition coefficient (Wildman–Crippen LogP) is 1.71. The van der Waals surface area contributed by atoms with Crippen LogP contribution in [0.1, 0.15) is 6.92 Å². The minimum Gasteiger partial charge on any atom is -0.375 e. The Balaban J connectivity index is 2.90. The SMILES string of the molecule is C=CCOOCCOCC(=C)C. The quantitative estimate of drug-likeness (QED) is 0.241. The molecule has 0 fully saturated rings. The van der Waals surface area contributed by atoms with E-state index in [1.54, 1.807) is 6.08 Å². The highest BCUT2D eigenvalue weighted by atomic mass is 17.2. The lowest BCUT2D eigenvalue weighted by Crippen LogP contribution is -2.06. The van der Waals surface area contributed by atoms with Gasteiger partial charge < -0.3 is 4.74 Å². The van der Waals surface area contributed by atoms with E-state index < -0.39 is 0 Å². The van der Waals surface area contributed by atoms with Gasteiger partial charge in [-0.1, -0.05) is 18.2 Å². The predicted molar refractivity (Wildman–Crippen MR) is 47.7 cm³/mol. The van der Waals surface area contributed by atoms with Gasteiger partial charge in [0.15, 0.2) is 0 Å². The lowest BCUT2D eigenvalue weighted by Gasteiger charge is -2.03. The summed E-state index contributed by atoms with van der Waals surface area (Å²) in [7, 11) is 0. The largest absolute Gasteiger partial charge is 0.375 e. The van der Waals surface area contributed by atoms with E-state index >= 15 is 0 Å². The van der Waals surface area contributed by atoms with Crippen LogP contribution < -0.4 is 0 Å². The Hall–Kier alpha value is -0.640. The van der Waals surface area contributed by atoms with E-state index in [1.807, 2.05) is 6.92 Å². The Kier molecular flexibility index (Phi) is 8.01. The zero-order valence-electron chi connectivity index (χ0n) is 7.54.